The average molecular weight is 435 g/mol. The quantitative estimate of drug-likeness (QED) is 0.274. The molecule has 0 radical (unpaired) electrons. The van der Waals surface area contributed by atoms with Gasteiger partial charge < -0.3 is 19.3 Å². The molecule has 0 aromatic carbocycles. The molecule has 2 aliphatic carbocycles. The van der Waals surface area contributed by atoms with E-state index in [4.69, 9.17) is 30.8 Å². The molecule has 0 unspecified atom stereocenters. The lowest BCUT2D eigenvalue weighted by Gasteiger charge is -2.44. The van der Waals surface area contributed by atoms with Crippen molar-refractivity contribution in [2.45, 2.75) is 94.8 Å². The molecule has 0 aromatic heterocycles. The van der Waals surface area contributed by atoms with Crippen molar-refractivity contribution in [1.29, 1.82) is 0 Å². The molecule has 14 nitrogen and oxygen atoms in total. The number of rotatable bonds is 7. The van der Waals surface area contributed by atoms with Crippen molar-refractivity contribution in [3.63, 3.8) is 0 Å². The van der Waals surface area contributed by atoms with Crippen molar-refractivity contribution >= 4 is 5.97 Å². The molecule has 14 heteroatoms. The fraction of sp³-hybridized carbons (Fsp3) is 0.941. The average Bonchev–Trinajstić information content (AvgIpc) is 3.48. The van der Waals surface area contributed by atoms with Crippen LogP contribution in [-0.2, 0) is 19.0 Å². The summed E-state index contributed by atoms with van der Waals surface area (Å²) >= 11 is 0. The van der Waals surface area contributed by atoms with Gasteiger partial charge in [0.2, 0.25) is 0 Å². The predicted molar refractivity (Wildman–Crippen MR) is 105 cm³/mol. The van der Waals surface area contributed by atoms with Gasteiger partial charge in [-0.1, -0.05) is 22.3 Å². The minimum atomic E-state index is -1.46. The molecule has 1 saturated heterocycles. The summed E-state index contributed by atoms with van der Waals surface area (Å²) in [6.07, 6.45) is -1.57. The summed E-state index contributed by atoms with van der Waals surface area (Å²) in [5.74, 6) is -0.675. The first-order chi connectivity index (χ1) is 14.8. The normalized spacial score (nSPS) is 38.5. The highest BCUT2D eigenvalue weighted by atomic mass is 16.7. The Labute approximate surface area is 177 Å². The molecule has 168 valence electrons. The first-order valence-corrected chi connectivity index (χ1v) is 10.1. The smallest absolute Gasteiger partial charge is 0.303 e. The van der Waals surface area contributed by atoms with Gasteiger partial charge in [0.05, 0.1) is 30.3 Å². The van der Waals surface area contributed by atoms with Crippen LogP contribution < -0.4 is 0 Å². The van der Waals surface area contributed by atoms with Gasteiger partial charge in [-0.05, 0) is 54.1 Å². The number of aliphatic hydroxyl groups is 1. The van der Waals surface area contributed by atoms with Crippen molar-refractivity contribution in [2.75, 3.05) is 0 Å². The summed E-state index contributed by atoms with van der Waals surface area (Å²) in [4.78, 5) is 19.9. The second-order valence-corrected chi connectivity index (χ2v) is 8.44. The molecule has 1 N–H and O–H groups in total. The van der Waals surface area contributed by atoms with Crippen LogP contribution in [0.5, 0.6) is 0 Å². The van der Waals surface area contributed by atoms with Gasteiger partial charge in [0.25, 0.3) is 0 Å². The van der Waals surface area contributed by atoms with Crippen LogP contribution in [0.4, 0.5) is 0 Å². The predicted octanol–water partition coefficient (Wildman–Crippen LogP) is 3.41. The number of ether oxygens (including phenoxy) is 3. The third-order valence-corrected chi connectivity index (χ3v) is 6.26. The van der Waals surface area contributed by atoms with Gasteiger partial charge in [-0.15, -0.1) is 0 Å². The molecule has 1 heterocycles. The van der Waals surface area contributed by atoms with Crippen molar-refractivity contribution in [2.24, 2.45) is 20.8 Å². The number of hydrogen-bond acceptors (Lipinski definition) is 8. The van der Waals surface area contributed by atoms with Crippen LogP contribution in [-0.4, -0.2) is 59.9 Å². The van der Waals surface area contributed by atoms with Crippen molar-refractivity contribution in [3.05, 3.63) is 31.3 Å². The van der Waals surface area contributed by atoms with E-state index >= 15 is 0 Å². The highest BCUT2D eigenvalue weighted by Crippen LogP contribution is 2.52. The zero-order chi connectivity index (χ0) is 22.6. The number of hydrogen-bond donors (Lipinski definition) is 1. The largest absolute Gasteiger partial charge is 0.459 e. The van der Waals surface area contributed by atoms with Crippen LogP contribution in [0.25, 0.3) is 31.3 Å². The Balaban J connectivity index is 1.86. The molecule has 0 bridgehead atoms. The zero-order valence-electron chi connectivity index (χ0n) is 17.3. The first-order valence-electron chi connectivity index (χ1n) is 10.1. The van der Waals surface area contributed by atoms with E-state index in [1.165, 1.54) is 0 Å². The van der Waals surface area contributed by atoms with Crippen LogP contribution in [0, 0.1) is 5.41 Å². The number of esters is 1. The van der Waals surface area contributed by atoms with E-state index in [0.717, 1.165) is 19.8 Å². The second-order valence-electron chi connectivity index (χ2n) is 8.44. The van der Waals surface area contributed by atoms with Crippen LogP contribution in [0.1, 0.15) is 46.0 Å². The first kappa shape index (κ1) is 23.0. The molecule has 3 fully saturated rings. The molecule has 8 atom stereocenters. The standard InChI is InChI=1S/C17H25N9O5/c1-8(27)29-14-10(22-25-19)7-11(23-26-20)15(13(14)28)31-16-9(21-24-18)3-4-12(30-16)17(2)5-6-17/h9-16,28H,3-7H2,1-2H3/t9-,10-,11+,12+,13-,14+,15-,16-/m1/s1. The Bertz CT molecular complexity index is 832. The van der Waals surface area contributed by atoms with Gasteiger partial charge >= 0.3 is 5.97 Å². The summed E-state index contributed by atoms with van der Waals surface area (Å²) in [6.45, 7) is 3.28. The number of nitrogens with zero attached hydrogens (tertiary/aromatic N) is 9. The van der Waals surface area contributed by atoms with E-state index in [1.54, 1.807) is 0 Å². The molecule has 1 aliphatic heterocycles. The van der Waals surface area contributed by atoms with Crippen molar-refractivity contribution in [1.82, 2.24) is 0 Å². The lowest BCUT2D eigenvalue weighted by molar-refractivity contribution is -0.262. The van der Waals surface area contributed by atoms with E-state index in [9.17, 15) is 9.90 Å². The lowest BCUT2D eigenvalue weighted by Crippen LogP contribution is -2.59. The van der Waals surface area contributed by atoms with Crippen molar-refractivity contribution < 1.29 is 24.1 Å². The second kappa shape index (κ2) is 9.61. The maximum absolute atomic E-state index is 11.5. The van der Waals surface area contributed by atoms with Crippen molar-refractivity contribution in [3.8, 4) is 0 Å². The zero-order valence-corrected chi connectivity index (χ0v) is 17.3. The van der Waals surface area contributed by atoms with Crippen LogP contribution in [0.3, 0.4) is 0 Å². The molecule has 0 amide bonds. The SMILES string of the molecule is CC(=O)O[C@@H]1[C@@H](O)[C@H](O[C@H]2O[C@H](C3(C)CC3)CC[C@H]2N=[N+]=[N-])[C@@H](N=[N+]=[N-])C[C@H]1N=[N+]=[N-]. The van der Waals surface area contributed by atoms with E-state index in [0.29, 0.717) is 12.8 Å². The topological polar surface area (TPSA) is 211 Å². The fourth-order valence-electron chi connectivity index (χ4n) is 4.29. The number of aliphatic hydroxyl groups excluding tert-OH is 1. The molecule has 3 aliphatic rings. The number of azide groups is 3. The lowest BCUT2D eigenvalue weighted by atomic mass is 9.84. The Kier molecular flexibility index (Phi) is 7.11. The summed E-state index contributed by atoms with van der Waals surface area (Å²) in [5.41, 5.74) is 26.8. The summed E-state index contributed by atoms with van der Waals surface area (Å²) in [7, 11) is 0. The van der Waals surface area contributed by atoms with Gasteiger partial charge in [0.1, 0.15) is 12.2 Å². The van der Waals surface area contributed by atoms with Gasteiger partial charge in [0, 0.05) is 21.7 Å². The molecule has 0 spiro atoms. The Morgan fingerprint density at radius 2 is 1.61 bits per heavy atom. The number of carbonyl (C=O) groups excluding carboxylic acids is 1. The van der Waals surface area contributed by atoms with E-state index in [-0.39, 0.29) is 17.9 Å². The Morgan fingerprint density at radius 1 is 1.03 bits per heavy atom. The van der Waals surface area contributed by atoms with Crippen LogP contribution >= 0.6 is 0 Å². The minimum absolute atomic E-state index is 0.00611. The molecule has 3 rings (SSSR count). The van der Waals surface area contributed by atoms with E-state index in [2.05, 4.69) is 37.0 Å². The van der Waals surface area contributed by atoms with Crippen LogP contribution in [0.2, 0.25) is 0 Å². The van der Waals surface area contributed by atoms with E-state index < -0.39 is 48.7 Å². The molecular weight excluding hydrogens is 410 g/mol. The molecule has 2 saturated carbocycles. The Morgan fingerprint density at radius 3 is 2.16 bits per heavy atom. The highest BCUT2D eigenvalue weighted by molar-refractivity contribution is 5.66. The molecular formula is C17H25N9O5. The fourth-order valence-corrected chi connectivity index (χ4v) is 4.29. The highest BCUT2D eigenvalue weighted by Gasteiger charge is 2.52. The van der Waals surface area contributed by atoms with Gasteiger partial charge in [-0.3, -0.25) is 4.79 Å². The maximum atomic E-state index is 11.5. The van der Waals surface area contributed by atoms with Gasteiger partial charge in [0.15, 0.2) is 6.29 Å². The monoisotopic (exact) mass is 435 g/mol. The third-order valence-electron chi connectivity index (χ3n) is 6.26. The number of carbonyl (C=O) groups is 1. The van der Waals surface area contributed by atoms with E-state index in [1.807, 2.05) is 0 Å². The summed E-state index contributed by atoms with van der Waals surface area (Å²) < 4.78 is 17.3. The maximum Gasteiger partial charge on any atom is 0.303 e. The van der Waals surface area contributed by atoms with Gasteiger partial charge in [-0.25, -0.2) is 0 Å². The summed E-state index contributed by atoms with van der Waals surface area (Å²) in [6, 6.07) is -2.50. The van der Waals surface area contributed by atoms with Gasteiger partial charge in [-0.2, -0.15) is 0 Å². The van der Waals surface area contributed by atoms with Crippen LogP contribution in [0.15, 0.2) is 15.3 Å². The Hall–Kier alpha value is -2.72. The summed E-state index contributed by atoms with van der Waals surface area (Å²) in [5, 5.41) is 22.0. The minimum Gasteiger partial charge on any atom is -0.459 e. The molecule has 0 aromatic rings. The third kappa shape index (κ3) is 5.13. The molecule has 31 heavy (non-hydrogen) atoms.